The number of allylic oxidation sites excluding steroid dienone is 2. The van der Waals surface area contributed by atoms with E-state index in [1.807, 2.05) is 0 Å². The van der Waals surface area contributed by atoms with Crippen molar-refractivity contribution in [1.29, 1.82) is 0 Å². The first-order valence-electron chi connectivity index (χ1n) is 18.6. The van der Waals surface area contributed by atoms with Crippen LogP contribution in [0.3, 0.4) is 0 Å². The average molecular weight is 563 g/mol. The molecule has 0 aliphatic carbocycles. The van der Waals surface area contributed by atoms with Gasteiger partial charge in [-0.3, -0.25) is 4.79 Å². The second kappa shape index (κ2) is 36.2. The minimum absolute atomic E-state index is 0.0217. The van der Waals surface area contributed by atoms with Gasteiger partial charge in [0.1, 0.15) is 0 Å². The van der Waals surface area contributed by atoms with Gasteiger partial charge in [-0.15, -0.1) is 0 Å². The molecule has 0 aliphatic heterocycles. The lowest BCUT2D eigenvalue weighted by atomic mass is 10.0. The van der Waals surface area contributed by atoms with Crippen molar-refractivity contribution in [2.75, 3.05) is 6.61 Å². The Balaban J connectivity index is 3.17. The van der Waals surface area contributed by atoms with Gasteiger partial charge in [0, 0.05) is 6.42 Å². The lowest BCUT2D eigenvalue weighted by Gasteiger charge is -2.06. The Labute approximate surface area is 253 Å². The lowest BCUT2D eigenvalue weighted by Crippen LogP contribution is -2.05. The molecular weight excluding hydrogens is 488 g/mol. The van der Waals surface area contributed by atoms with Crippen molar-refractivity contribution in [1.82, 2.24) is 0 Å². The molecule has 0 rings (SSSR count). The highest BCUT2D eigenvalue weighted by Crippen LogP contribution is 2.15. The molecular formula is C38H74O2. The zero-order chi connectivity index (χ0) is 29.0. The molecule has 0 saturated heterocycles. The summed E-state index contributed by atoms with van der Waals surface area (Å²) in [5.74, 6) is 0.0217. The number of hydrogen-bond acceptors (Lipinski definition) is 2. The van der Waals surface area contributed by atoms with Gasteiger partial charge in [-0.2, -0.15) is 0 Å². The predicted molar refractivity (Wildman–Crippen MR) is 179 cm³/mol. The summed E-state index contributed by atoms with van der Waals surface area (Å²) in [5, 5.41) is 0. The predicted octanol–water partition coefficient (Wildman–Crippen LogP) is 13.6. The highest BCUT2D eigenvalue weighted by molar-refractivity contribution is 5.69. The molecule has 0 aromatic rings. The highest BCUT2D eigenvalue weighted by atomic mass is 16.5. The summed E-state index contributed by atoms with van der Waals surface area (Å²) in [6.07, 6.45) is 47.1. The van der Waals surface area contributed by atoms with E-state index in [0.29, 0.717) is 13.0 Å². The third-order valence-corrected chi connectivity index (χ3v) is 8.40. The molecule has 0 aliphatic rings. The van der Waals surface area contributed by atoms with Crippen LogP contribution in [0.25, 0.3) is 0 Å². The van der Waals surface area contributed by atoms with Crippen LogP contribution in [0.2, 0.25) is 0 Å². The standard InChI is InChI=1S/C38H74O2/c1-3-5-7-9-11-13-15-17-19-20-21-23-25-27-29-31-33-35-37-40-38(39)36-34-32-30-28-26-24-22-18-16-14-12-10-8-6-4-2/h14,16H,3-13,15,17-37H2,1-2H3/b16-14+. The summed E-state index contributed by atoms with van der Waals surface area (Å²) < 4.78 is 5.44. The van der Waals surface area contributed by atoms with E-state index in [-0.39, 0.29) is 5.97 Å². The van der Waals surface area contributed by atoms with Crippen molar-refractivity contribution >= 4 is 5.97 Å². The maximum Gasteiger partial charge on any atom is 0.305 e. The van der Waals surface area contributed by atoms with Crippen LogP contribution in [0.15, 0.2) is 12.2 Å². The Bertz CT molecular complexity index is 498. The molecule has 0 radical (unpaired) electrons. The number of carbonyl (C=O) groups excluding carboxylic acids is 1. The third kappa shape index (κ3) is 35.2. The molecule has 0 spiro atoms. The number of carbonyl (C=O) groups is 1. The number of unbranched alkanes of at least 4 members (excludes halogenated alkanes) is 28. The van der Waals surface area contributed by atoms with E-state index in [1.165, 1.54) is 186 Å². The van der Waals surface area contributed by atoms with Gasteiger partial charge in [-0.05, 0) is 38.5 Å². The zero-order valence-corrected chi connectivity index (χ0v) is 27.8. The Kier molecular flexibility index (Phi) is 35.5. The molecule has 0 unspecified atom stereocenters. The third-order valence-electron chi connectivity index (χ3n) is 8.40. The summed E-state index contributed by atoms with van der Waals surface area (Å²) in [4.78, 5) is 11.9. The highest BCUT2D eigenvalue weighted by Gasteiger charge is 2.02. The van der Waals surface area contributed by atoms with Crippen LogP contribution < -0.4 is 0 Å². The second-order valence-electron chi connectivity index (χ2n) is 12.6. The van der Waals surface area contributed by atoms with Crippen LogP contribution in [0.1, 0.15) is 219 Å². The monoisotopic (exact) mass is 563 g/mol. The molecule has 40 heavy (non-hydrogen) atoms. The topological polar surface area (TPSA) is 26.3 Å². The minimum atomic E-state index is 0.0217. The molecule has 0 atom stereocenters. The van der Waals surface area contributed by atoms with E-state index in [0.717, 1.165) is 12.8 Å². The lowest BCUT2D eigenvalue weighted by molar-refractivity contribution is -0.143. The first-order valence-corrected chi connectivity index (χ1v) is 18.6. The molecule has 0 N–H and O–H groups in total. The molecule has 0 fully saturated rings. The summed E-state index contributed by atoms with van der Waals surface area (Å²) in [7, 11) is 0. The summed E-state index contributed by atoms with van der Waals surface area (Å²) >= 11 is 0. The first kappa shape index (κ1) is 39.2. The molecule has 0 amide bonds. The fourth-order valence-corrected chi connectivity index (χ4v) is 5.60. The summed E-state index contributed by atoms with van der Waals surface area (Å²) in [5.41, 5.74) is 0. The van der Waals surface area contributed by atoms with Gasteiger partial charge in [-0.25, -0.2) is 0 Å². The average Bonchev–Trinajstić information content (AvgIpc) is 2.96. The van der Waals surface area contributed by atoms with Crippen molar-refractivity contribution in [3.8, 4) is 0 Å². The number of ether oxygens (including phenoxy) is 1. The Morgan fingerprint density at radius 3 is 1.10 bits per heavy atom. The smallest absolute Gasteiger partial charge is 0.305 e. The van der Waals surface area contributed by atoms with Crippen molar-refractivity contribution in [2.24, 2.45) is 0 Å². The van der Waals surface area contributed by atoms with Crippen molar-refractivity contribution in [2.45, 2.75) is 219 Å². The van der Waals surface area contributed by atoms with Crippen molar-refractivity contribution in [3.63, 3.8) is 0 Å². The van der Waals surface area contributed by atoms with Gasteiger partial charge in [0.25, 0.3) is 0 Å². The maximum atomic E-state index is 11.9. The van der Waals surface area contributed by atoms with Crippen LogP contribution in [0, 0.1) is 0 Å². The molecule has 0 aromatic carbocycles. The molecule has 0 aromatic heterocycles. The second-order valence-corrected chi connectivity index (χ2v) is 12.6. The number of rotatable bonds is 34. The van der Waals surface area contributed by atoms with Gasteiger partial charge < -0.3 is 4.74 Å². The van der Waals surface area contributed by atoms with Gasteiger partial charge in [0.2, 0.25) is 0 Å². The summed E-state index contributed by atoms with van der Waals surface area (Å²) in [6, 6.07) is 0. The van der Waals surface area contributed by atoms with E-state index in [1.54, 1.807) is 0 Å². The number of esters is 1. The van der Waals surface area contributed by atoms with Gasteiger partial charge in [0.05, 0.1) is 6.61 Å². The molecule has 0 saturated carbocycles. The fraction of sp³-hybridized carbons (Fsp3) is 0.921. The quantitative estimate of drug-likeness (QED) is 0.0443. The molecule has 2 nitrogen and oxygen atoms in total. The van der Waals surface area contributed by atoms with Crippen molar-refractivity contribution < 1.29 is 9.53 Å². The Hall–Kier alpha value is -0.790. The van der Waals surface area contributed by atoms with E-state index >= 15 is 0 Å². The molecule has 238 valence electrons. The normalized spacial score (nSPS) is 11.6. The van der Waals surface area contributed by atoms with E-state index in [9.17, 15) is 4.79 Å². The Morgan fingerprint density at radius 2 is 0.700 bits per heavy atom. The van der Waals surface area contributed by atoms with Crippen LogP contribution in [0.5, 0.6) is 0 Å². The molecule has 2 heteroatoms. The van der Waals surface area contributed by atoms with E-state index < -0.39 is 0 Å². The minimum Gasteiger partial charge on any atom is -0.466 e. The van der Waals surface area contributed by atoms with Gasteiger partial charge >= 0.3 is 5.97 Å². The zero-order valence-electron chi connectivity index (χ0n) is 27.8. The largest absolute Gasteiger partial charge is 0.466 e. The summed E-state index contributed by atoms with van der Waals surface area (Å²) in [6.45, 7) is 5.20. The number of hydrogen-bond donors (Lipinski definition) is 0. The molecule has 0 heterocycles. The molecule has 0 bridgehead atoms. The SMILES string of the molecule is CCCCCC/C=C/CCCCCCCCCC(=O)OCCCCCCCCCCCCCCCCCCCC. The van der Waals surface area contributed by atoms with Crippen LogP contribution in [-0.2, 0) is 9.53 Å². The van der Waals surface area contributed by atoms with E-state index in [4.69, 9.17) is 4.74 Å². The fourth-order valence-electron chi connectivity index (χ4n) is 5.60. The Morgan fingerprint density at radius 1 is 0.400 bits per heavy atom. The van der Waals surface area contributed by atoms with Gasteiger partial charge in [0.15, 0.2) is 0 Å². The maximum absolute atomic E-state index is 11.9. The van der Waals surface area contributed by atoms with Gasteiger partial charge in [-0.1, -0.05) is 187 Å². The van der Waals surface area contributed by atoms with Crippen LogP contribution >= 0.6 is 0 Å². The van der Waals surface area contributed by atoms with Crippen LogP contribution in [-0.4, -0.2) is 12.6 Å². The first-order chi connectivity index (χ1) is 19.8. The van der Waals surface area contributed by atoms with Crippen molar-refractivity contribution in [3.05, 3.63) is 12.2 Å². The van der Waals surface area contributed by atoms with Crippen LogP contribution in [0.4, 0.5) is 0 Å². The van der Waals surface area contributed by atoms with E-state index in [2.05, 4.69) is 26.0 Å².